The van der Waals surface area contributed by atoms with Crippen LogP contribution in [0, 0.1) is 0 Å². The summed E-state index contributed by atoms with van der Waals surface area (Å²) in [7, 11) is -3.63. The molecule has 1 saturated heterocycles. The first-order valence-electron chi connectivity index (χ1n) is 11.8. The average Bonchev–Trinajstić information content (AvgIpc) is 2.81. The molecule has 0 spiro atoms. The summed E-state index contributed by atoms with van der Waals surface area (Å²) in [6, 6.07) is 11.4. The lowest BCUT2D eigenvalue weighted by atomic mass is 10.0. The van der Waals surface area contributed by atoms with Gasteiger partial charge in [-0.3, -0.25) is 14.4 Å². The molecule has 2 aliphatic heterocycles. The molecule has 2 N–H and O–H groups in total. The van der Waals surface area contributed by atoms with Crippen molar-refractivity contribution in [1.29, 1.82) is 0 Å². The highest BCUT2D eigenvalue weighted by Gasteiger charge is 2.33. The van der Waals surface area contributed by atoms with Crippen LogP contribution in [-0.4, -0.2) is 49.6 Å². The summed E-state index contributed by atoms with van der Waals surface area (Å²) in [5, 5.41) is 5.41. The first-order chi connectivity index (χ1) is 16.6. The molecule has 0 aromatic heterocycles. The van der Waals surface area contributed by atoms with E-state index >= 15 is 0 Å². The van der Waals surface area contributed by atoms with Crippen LogP contribution in [0.15, 0.2) is 47.4 Å². The van der Waals surface area contributed by atoms with Gasteiger partial charge in [0.1, 0.15) is 6.54 Å². The van der Waals surface area contributed by atoms with Crippen LogP contribution in [0.2, 0.25) is 0 Å². The highest BCUT2D eigenvalue weighted by Crippen LogP contribution is 2.32. The number of carbonyl (C=O) groups excluding carboxylic acids is 3. The molecule has 1 unspecified atom stereocenters. The van der Waals surface area contributed by atoms with E-state index < -0.39 is 10.0 Å². The number of sulfonamides is 1. The fourth-order valence-corrected chi connectivity index (χ4v) is 6.37. The molecule has 0 radical (unpaired) electrons. The van der Waals surface area contributed by atoms with Crippen molar-refractivity contribution in [3.05, 3.63) is 48.0 Å². The van der Waals surface area contributed by atoms with Gasteiger partial charge in [-0.05, 0) is 74.2 Å². The van der Waals surface area contributed by atoms with Crippen molar-refractivity contribution in [3.8, 4) is 0 Å². The van der Waals surface area contributed by atoms with E-state index in [0.717, 1.165) is 24.8 Å². The Balaban J connectivity index is 1.49. The Morgan fingerprint density at radius 3 is 2.34 bits per heavy atom. The first kappa shape index (κ1) is 24.9. The molecule has 0 aliphatic carbocycles. The van der Waals surface area contributed by atoms with Gasteiger partial charge in [-0.1, -0.05) is 6.42 Å². The Morgan fingerprint density at radius 2 is 1.69 bits per heavy atom. The molecule has 1 atom stereocenters. The second kappa shape index (κ2) is 10.2. The van der Waals surface area contributed by atoms with E-state index in [-0.39, 0.29) is 41.6 Å². The number of fused-ring (bicyclic) bond motifs is 1. The maximum absolute atomic E-state index is 13.3. The fourth-order valence-electron chi connectivity index (χ4n) is 4.62. The summed E-state index contributed by atoms with van der Waals surface area (Å²) < 4.78 is 28.1. The number of piperidine rings is 1. The zero-order valence-electron chi connectivity index (χ0n) is 19.9. The number of nitrogens with zero attached hydrogens (tertiary/aromatic N) is 2. The zero-order valence-corrected chi connectivity index (χ0v) is 20.7. The second-order valence-electron chi connectivity index (χ2n) is 9.04. The van der Waals surface area contributed by atoms with Gasteiger partial charge in [0.25, 0.3) is 0 Å². The van der Waals surface area contributed by atoms with Crippen LogP contribution in [0.4, 0.5) is 17.1 Å². The van der Waals surface area contributed by atoms with Gasteiger partial charge in [-0.15, -0.1) is 0 Å². The van der Waals surface area contributed by atoms with Gasteiger partial charge < -0.3 is 15.5 Å². The normalized spacial score (nSPS) is 18.6. The number of hydrogen-bond acceptors (Lipinski definition) is 5. The molecule has 2 heterocycles. The number of amides is 3. The quantitative estimate of drug-likeness (QED) is 0.635. The minimum absolute atomic E-state index is 0.0427. The van der Waals surface area contributed by atoms with Gasteiger partial charge in [0.2, 0.25) is 27.7 Å². The Morgan fingerprint density at radius 1 is 1.00 bits per heavy atom. The van der Waals surface area contributed by atoms with E-state index in [0.29, 0.717) is 30.0 Å². The number of carbonyl (C=O) groups is 3. The molecule has 9 nitrogen and oxygen atoms in total. The lowest BCUT2D eigenvalue weighted by Crippen LogP contribution is -2.42. The molecule has 2 aliphatic rings. The average molecular weight is 499 g/mol. The van der Waals surface area contributed by atoms with E-state index in [2.05, 4.69) is 10.6 Å². The fraction of sp³-hybridized carbons (Fsp3) is 0.400. The third kappa shape index (κ3) is 5.54. The van der Waals surface area contributed by atoms with Crippen molar-refractivity contribution in [2.75, 3.05) is 28.6 Å². The predicted molar refractivity (Wildman–Crippen MR) is 134 cm³/mol. The molecule has 1 fully saturated rings. The maximum atomic E-state index is 13.3. The smallest absolute Gasteiger partial charge is 0.244 e. The van der Waals surface area contributed by atoms with Crippen molar-refractivity contribution in [1.82, 2.24) is 4.31 Å². The summed E-state index contributed by atoms with van der Waals surface area (Å²) in [6.45, 7) is 3.67. The Kier molecular flexibility index (Phi) is 7.23. The number of hydrogen-bond donors (Lipinski definition) is 2. The van der Waals surface area contributed by atoms with Crippen LogP contribution in [-0.2, 0) is 30.8 Å². The summed E-state index contributed by atoms with van der Waals surface area (Å²) in [4.78, 5) is 38.1. The summed E-state index contributed by atoms with van der Waals surface area (Å²) >= 11 is 0. The van der Waals surface area contributed by atoms with E-state index in [4.69, 9.17) is 0 Å². The van der Waals surface area contributed by atoms with Crippen molar-refractivity contribution < 1.29 is 22.8 Å². The third-order valence-corrected chi connectivity index (χ3v) is 8.40. The molecule has 10 heteroatoms. The van der Waals surface area contributed by atoms with Gasteiger partial charge >= 0.3 is 0 Å². The third-order valence-electron chi connectivity index (χ3n) is 6.39. The van der Waals surface area contributed by atoms with Gasteiger partial charge in [-0.2, -0.15) is 4.31 Å². The molecule has 3 amide bonds. The first-order valence-corrected chi connectivity index (χ1v) is 13.2. The molecular formula is C25H30N4O5S. The van der Waals surface area contributed by atoms with Crippen LogP contribution in [0.25, 0.3) is 0 Å². The molecular weight excluding hydrogens is 468 g/mol. The monoisotopic (exact) mass is 498 g/mol. The van der Waals surface area contributed by atoms with Gasteiger partial charge in [-0.25, -0.2) is 8.42 Å². The molecule has 2 aromatic rings. The standard InChI is InChI=1S/C25H30N4O5S/c1-17-5-3-4-14-29(17)35(33,34)22-11-12-23-19(15-22)6-13-25(32)28(23)16-24(31)27-21-9-7-20(8-10-21)26-18(2)30/h7-12,15,17H,3-6,13-14,16H2,1-2H3,(H,26,30)(H,27,31). The number of nitrogens with one attached hydrogen (secondary N) is 2. The minimum Gasteiger partial charge on any atom is -0.326 e. The maximum Gasteiger partial charge on any atom is 0.244 e. The summed E-state index contributed by atoms with van der Waals surface area (Å²) in [6.07, 6.45) is 3.35. The van der Waals surface area contributed by atoms with Crippen molar-refractivity contribution >= 4 is 44.8 Å². The van der Waals surface area contributed by atoms with Crippen LogP contribution in [0.3, 0.4) is 0 Å². The van der Waals surface area contributed by atoms with Crippen molar-refractivity contribution in [3.63, 3.8) is 0 Å². The van der Waals surface area contributed by atoms with E-state index in [1.807, 2.05) is 6.92 Å². The van der Waals surface area contributed by atoms with E-state index in [1.165, 1.54) is 17.9 Å². The minimum atomic E-state index is -3.63. The molecule has 2 aromatic carbocycles. The Hall–Kier alpha value is -3.24. The number of aryl methyl sites for hydroxylation is 1. The SMILES string of the molecule is CC(=O)Nc1ccc(NC(=O)CN2C(=O)CCc3cc(S(=O)(=O)N4CCCCC4C)ccc32)cc1. The largest absolute Gasteiger partial charge is 0.326 e. The van der Waals surface area contributed by atoms with E-state index in [9.17, 15) is 22.8 Å². The second-order valence-corrected chi connectivity index (χ2v) is 10.9. The molecule has 186 valence electrons. The van der Waals surface area contributed by atoms with Crippen LogP contribution < -0.4 is 15.5 Å². The van der Waals surface area contributed by atoms with Crippen molar-refractivity contribution in [2.24, 2.45) is 0 Å². The molecule has 4 rings (SSSR count). The van der Waals surface area contributed by atoms with Crippen molar-refractivity contribution in [2.45, 2.75) is 56.9 Å². The Labute approximate surface area is 205 Å². The van der Waals surface area contributed by atoms with Crippen LogP contribution in [0.5, 0.6) is 0 Å². The van der Waals surface area contributed by atoms with E-state index in [1.54, 1.807) is 40.7 Å². The number of anilines is 3. The summed E-state index contributed by atoms with van der Waals surface area (Å²) in [5.74, 6) is -0.753. The lowest BCUT2D eigenvalue weighted by molar-refractivity contribution is -0.121. The zero-order chi connectivity index (χ0) is 25.2. The molecule has 35 heavy (non-hydrogen) atoms. The Bertz CT molecular complexity index is 1240. The summed E-state index contributed by atoms with van der Waals surface area (Å²) in [5.41, 5.74) is 2.44. The highest BCUT2D eigenvalue weighted by atomic mass is 32.2. The van der Waals surface area contributed by atoms with Crippen LogP contribution >= 0.6 is 0 Å². The number of rotatable bonds is 6. The van der Waals surface area contributed by atoms with Gasteiger partial charge in [0.05, 0.1) is 4.90 Å². The van der Waals surface area contributed by atoms with Gasteiger partial charge in [0, 0.05) is 43.0 Å². The topological polar surface area (TPSA) is 116 Å². The van der Waals surface area contributed by atoms with Gasteiger partial charge in [0.15, 0.2) is 0 Å². The predicted octanol–water partition coefficient (Wildman–Crippen LogP) is 3.13. The lowest BCUT2D eigenvalue weighted by Gasteiger charge is -2.33. The molecule has 0 bridgehead atoms. The van der Waals surface area contributed by atoms with Crippen LogP contribution in [0.1, 0.15) is 45.1 Å². The number of benzene rings is 2. The highest BCUT2D eigenvalue weighted by molar-refractivity contribution is 7.89. The molecule has 0 saturated carbocycles.